The highest BCUT2D eigenvalue weighted by molar-refractivity contribution is 5.89. The lowest BCUT2D eigenvalue weighted by atomic mass is 10.2. The molecular formula is C15H27NO3. The molecule has 1 rings (SSSR count). The van der Waals surface area contributed by atoms with Crippen LogP contribution >= 0.6 is 0 Å². The minimum Gasteiger partial charge on any atom is -0.481 e. The Hall–Kier alpha value is -1.06. The number of aliphatic carboxylic acids is 1. The summed E-state index contributed by atoms with van der Waals surface area (Å²) in [6.45, 7) is 5.87. The summed E-state index contributed by atoms with van der Waals surface area (Å²) in [5.74, 6) is -1.42. The summed E-state index contributed by atoms with van der Waals surface area (Å²) in [5, 5.41) is 8.91. The van der Waals surface area contributed by atoms with E-state index >= 15 is 0 Å². The van der Waals surface area contributed by atoms with Crippen LogP contribution in [0.3, 0.4) is 0 Å². The zero-order valence-electron chi connectivity index (χ0n) is 12.2. The van der Waals surface area contributed by atoms with Crippen molar-refractivity contribution in [2.24, 2.45) is 11.8 Å². The van der Waals surface area contributed by atoms with Gasteiger partial charge in [0, 0.05) is 13.1 Å². The average Bonchev–Trinajstić information content (AvgIpc) is 3.17. The average molecular weight is 269 g/mol. The van der Waals surface area contributed by atoms with Gasteiger partial charge < -0.3 is 10.0 Å². The Morgan fingerprint density at radius 2 is 1.53 bits per heavy atom. The van der Waals surface area contributed by atoms with E-state index in [2.05, 4.69) is 13.8 Å². The molecule has 0 aliphatic heterocycles. The maximum atomic E-state index is 12.3. The second-order valence-corrected chi connectivity index (χ2v) is 5.53. The molecule has 1 aliphatic rings. The molecule has 0 aromatic rings. The van der Waals surface area contributed by atoms with Gasteiger partial charge in [0.2, 0.25) is 5.91 Å². The molecule has 1 amide bonds. The van der Waals surface area contributed by atoms with Gasteiger partial charge in [-0.05, 0) is 19.3 Å². The SMILES string of the molecule is CCCCCN(CCCCC)C(=O)C1CC1C(=O)O. The lowest BCUT2D eigenvalue weighted by Crippen LogP contribution is -2.35. The molecule has 0 radical (unpaired) electrons. The first kappa shape index (κ1) is 16.0. The summed E-state index contributed by atoms with van der Waals surface area (Å²) < 4.78 is 0. The molecule has 0 saturated heterocycles. The van der Waals surface area contributed by atoms with Gasteiger partial charge in [-0.3, -0.25) is 9.59 Å². The van der Waals surface area contributed by atoms with Crippen LogP contribution in [-0.4, -0.2) is 35.0 Å². The number of unbranched alkanes of at least 4 members (excludes halogenated alkanes) is 4. The third-order valence-electron chi connectivity index (χ3n) is 3.80. The Morgan fingerprint density at radius 3 is 1.89 bits per heavy atom. The van der Waals surface area contributed by atoms with Crippen LogP contribution in [0.5, 0.6) is 0 Å². The Kier molecular flexibility index (Phi) is 6.89. The summed E-state index contributed by atoms with van der Waals surface area (Å²) in [6, 6.07) is 0. The van der Waals surface area contributed by atoms with Gasteiger partial charge in [0.1, 0.15) is 0 Å². The van der Waals surface area contributed by atoms with Crippen LogP contribution in [0.2, 0.25) is 0 Å². The van der Waals surface area contributed by atoms with Crippen LogP contribution in [0.25, 0.3) is 0 Å². The highest BCUT2D eigenvalue weighted by Crippen LogP contribution is 2.40. The minimum atomic E-state index is -0.819. The molecule has 110 valence electrons. The fraction of sp³-hybridized carbons (Fsp3) is 0.867. The highest BCUT2D eigenvalue weighted by atomic mass is 16.4. The molecular weight excluding hydrogens is 242 g/mol. The van der Waals surface area contributed by atoms with E-state index in [4.69, 9.17) is 5.11 Å². The lowest BCUT2D eigenvalue weighted by molar-refractivity contribution is -0.142. The molecule has 4 nitrogen and oxygen atoms in total. The molecule has 4 heteroatoms. The van der Waals surface area contributed by atoms with Crippen molar-refractivity contribution in [2.45, 2.75) is 58.8 Å². The van der Waals surface area contributed by atoms with Gasteiger partial charge in [0.25, 0.3) is 0 Å². The van der Waals surface area contributed by atoms with Crippen LogP contribution < -0.4 is 0 Å². The predicted octanol–water partition coefficient (Wildman–Crippen LogP) is 2.92. The minimum absolute atomic E-state index is 0.0691. The van der Waals surface area contributed by atoms with Crippen molar-refractivity contribution in [3.05, 3.63) is 0 Å². The number of carbonyl (C=O) groups excluding carboxylic acids is 1. The lowest BCUT2D eigenvalue weighted by Gasteiger charge is -2.23. The summed E-state index contributed by atoms with van der Waals surface area (Å²) in [5.41, 5.74) is 0. The van der Waals surface area contributed by atoms with E-state index in [9.17, 15) is 9.59 Å². The van der Waals surface area contributed by atoms with Gasteiger partial charge in [0.15, 0.2) is 0 Å². The standard InChI is InChI=1S/C15H27NO3/c1-3-5-7-9-16(10-8-6-4-2)14(17)12-11-13(12)15(18)19/h12-13H,3-11H2,1-2H3,(H,18,19). The van der Waals surface area contributed by atoms with E-state index in [1.165, 1.54) is 0 Å². The first-order chi connectivity index (χ1) is 9.11. The molecule has 1 N–H and O–H groups in total. The fourth-order valence-electron chi connectivity index (χ4n) is 2.41. The number of carboxylic acids is 1. The number of carbonyl (C=O) groups is 2. The number of carboxylic acid groups (broad SMARTS) is 1. The van der Waals surface area contributed by atoms with Crippen LogP contribution in [0.1, 0.15) is 58.8 Å². The van der Waals surface area contributed by atoms with E-state index in [0.29, 0.717) is 6.42 Å². The monoisotopic (exact) mass is 269 g/mol. The summed E-state index contributed by atoms with van der Waals surface area (Å²) >= 11 is 0. The van der Waals surface area contributed by atoms with Crippen molar-refractivity contribution < 1.29 is 14.7 Å². The smallest absolute Gasteiger partial charge is 0.307 e. The Morgan fingerprint density at radius 1 is 1.00 bits per heavy atom. The van der Waals surface area contributed by atoms with Crippen molar-refractivity contribution in [1.29, 1.82) is 0 Å². The number of rotatable bonds is 10. The second-order valence-electron chi connectivity index (χ2n) is 5.53. The van der Waals surface area contributed by atoms with Gasteiger partial charge >= 0.3 is 5.97 Å². The van der Waals surface area contributed by atoms with Crippen molar-refractivity contribution >= 4 is 11.9 Å². The van der Waals surface area contributed by atoms with Crippen molar-refractivity contribution in [1.82, 2.24) is 4.90 Å². The molecule has 0 aromatic heterocycles. The Labute approximate surface area is 116 Å². The van der Waals surface area contributed by atoms with E-state index < -0.39 is 11.9 Å². The van der Waals surface area contributed by atoms with Crippen LogP contribution in [0.15, 0.2) is 0 Å². The first-order valence-electron chi connectivity index (χ1n) is 7.63. The normalized spacial score (nSPS) is 21.2. The molecule has 19 heavy (non-hydrogen) atoms. The van der Waals surface area contributed by atoms with Crippen molar-refractivity contribution in [3.63, 3.8) is 0 Å². The first-order valence-corrected chi connectivity index (χ1v) is 7.63. The van der Waals surface area contributed by atoms with Gasteiger partial charge in [-0.1, -0.05) is 39.5 Å². The third-order valence-corrected chi connectivity index (χ3v) is 3.80. The van der Waals surface area contributed by atoms with Gasteiger partial charge in [-0.2, -0.15) is 0 Å². The maximum absolute atomic E-state index is 12.3. The van der Waals surface area contributed by atoms with E-state index in [0.717, 1.165) is 51.6 Å². The van der Waals surface area contributed by atoms with Crippen LogP contribution in [0, 0.1) is 11.8 Å². The largest absolute Gasteiger partial charge is 0.481 e. The van der Waals surface area contributed by atoms with Gasteiger partial charge in [-0.25, -0.2) is 0 Å². The molecule has 0 heterocycles. The molecule has 0 spiro atoms. The van der Waals surface area contributed by atoms with E-state index in [1.54, 1.807) is 0 Å². The molecule has 1 saturated carbocycles. The molecule has 1 aliphatic carbocycles. The molecule has 1 fully saturated rings. The number of hydrogen-bond donors (Lipinski definition) is 1. The Balaban J connectivity index is 2.42. The molecule has 2 atom stereocenters. The molecule has 0 aromatic carbocycles. The quantitative estimate of drug-likeness (QED) is 0.620. The van der Waals surface area contributed by atoms with Crippen LogP contribution in [0.4, 0.5) is 0 Å². The van der Waals surface area contributed by atoms with Crippen molar-refractivity contribution in [3.8, 4) is 0 Å². The highest BCUT2D eigenvalue weighted by Gasteiger charge is 2.49. The fourth-order valence-corrected chi connectivity index (χ4v) is 2.41. The Bertz CT molecular complexity index is 294. The number of nitrogens with zero attached hydrogens (tertiary/aromatic N) is 1. The van der Waals surface area contributed by atoms with E-state index in [1.807, 2.05) is 4.90 Å². The number of hydrogen-bond acceptors (Lipinski definition) is 2. The topological polar surface area (TPSA) is 57.6 Å². The second kappa shape index (κ2) is 8.18. The number of amides is 1. The van der Waals surface area contributed by atoms with Crippen molar-refractivity contribution in [2.75, 3.05) is 13.1 Å². The van der Waals surface area contributed by atoms with Gasteiger partial charge in [0.05, 0.1) is 11.8 Å². The molecule has 2 unspecified atom stereocenters. The predicted molar refractivity (Wildman–Crippen MR) is 74.9 cm³/mol. The maximum Gasteiger partial charge on any atom is 0.307 e. The zero-order chi connectivity index (χ0) is 14.3. The van der Waals surface area contributed by atoms with Crippen LogP contribution in [-0.2, 0) is 9.59 Å². The summed E-state index contributed by atoms with van der Waals surface area (Å²) in [4.78, 5) is 25.0. The van der Waals surface area contributed by atoms with Gasteiger partial charge in [-0.15, -0.1) is 0 Å². The van der Waals surface area contributed by atoms with E-state index in [-0.39, 0.29) is 11.8 Å². The molecule has 0 bridgehead atoms. The zero-order valence-corrected chi connectivity index (χ0v) is 12.2. The summed E-state index contributed by atoms with van der Waals surface area (Å²) in [7, 11) is 0. The third kappa shape index (κ3) is 5.21. The summed E-state index contributed by atoms with van der Waals surface area (Å²) in [6.07, 6.45) is 7.12.